The predicted octanol–water partition coefficient (Wildman–Crippen LogP) is 1.86. The van der Waals surface area contributed by atoms with Crippen LogP contribution in [0.4, 0.5) is 5.95 Å². The zero-order valence-corrected chi connectivity index (χ0v) is 20.0. The molecule has 12 heteroatoms. The topological polar surface area (TPSA) is 123 Å². The van der Waals surface area contributed by atoms with E-state index in [0.29, 0.717) is 43.0 Å². The fourth-order valence-corrected chi connectivity index (χ4v) is 4.42. The molecule has 0 spiro atoms. The molecule has 1 aliphatic rings. The molecule has 2 aromatic rings. The minimum absolute atomic E-state index is 0.156. The van der Waals surface area contributed by atoms with Crippen molar-refractivity contribution in [2.24, 2.45) is 0 Å². The molecule has 4 atom stereocenters. The summed E-state index contributed by atoms with van der Waals surface area (Å²) in [6.45, 7) is 4.68. The molecule has 1 fully saturated rings. The Hall–Kier alpha value is -2.15. The largest absolute Gasteiger partial charge is 0.494 e. The Kier molecular flexibility index (Phi) is 8.91. The van der Waals surface area contributed by atoms with Crippen molar-refractivity contribution in [1.29, 1.82) is 0 Å². The van der Waals surface area contributed by atoms with E-state index < -0.39 is 11.0 Å². The summed E-state index contributed by atoms with van der Waals surface area (Å²) in [5.74, 6) is 2.23. The highest BCUT2D eigenvalue weighted by molar-refractivity contribution is 7.86. The fourth-order valence-electron chi connectivity index (χ4n) is 3.60. The van der Waals surface area contributed by atoms with Gasteiger partial charge in [0, 0.05) is 20.6 Å². The number of rotatable bonds is 12. The van der Waals surface area contributed by atoms with Crippen LogP contribution in [-0.2, 0) is 31.6 Å². The van der Waals surface area contributed by atoms with E-state index in [9.17, 15) is 4.21 Å². The third-order valence-corrected chi connectivity index (χ3v) is 6.55. The van der Waals surface area contributed by atoms with Crippen molar-refractivity contribution in [3.8, 4) is 5.75 Å². The van der Waals surface area contributed by atoms with E-state index in [1.165, 1.54) is 0 Å². The predicted molar refractivity (Wildman–Crippen MR) is 119 cm³/mol. The molecular weight excluding hydrogens is 436 g/mol. The Bertz CT molecular complexity index is 874. The smallest absolute Gasteiger partial charge is 0.236 e. The molecule has 0 aliphatic carbocycles. The van der Waals surface area contributed by atoms with Crippen LogP contribution in [0.15, 0.2) is 12.4 Å². The van der Waals surface area contributed by atoms with Crippen LogP contribution in [-0.4, -0.2) is 74.8 Å². The van der Waals surface area contributed by atoms with Gasteiger partial charge >= 0.3 is 0 Å². The molecule has 0 amide bonds. The lowest BCUT2D eigenvalue weighted by Crippen LogP contribution is -2.27. The van der Waals surface area contributed by atoms with E-state index in [0.717, 1.165) is 12.8 Å². The van der Waals surface area contributed by atoms with Gasteiger partial charge in [-0.05, 0) is 26.7 Å². The Morgan fingerprint density at radius 1 is 1.19 bits per heavy atom. The van der Waals surface area contributed by atoms with Gasteiger partial charge < -0.3 is 18.9 Å². The first-order valence-electron chi connectivity index (χ1n) is 10.6. The highest BCUT2D eigenvalue weighted by Gasteiger charge is 2.32. The lowest BCUT2D eigenvalue weighted by atomic mass is 10.2. The Morgan fingerprint density at radius 3 is 2.44 bits per heavy atom. The van der Waals surface area contributed by atoms with Crippen molar-refractivity contribution in [2.75, 3.05) is 39.3 Å². The number of nitrogens with one attached hydrogen (secondary N) is 1. The maximum atomic E-state index is 13.1. The Morgan fingerprint density at radius 2 is 1.88 bits per heavy atom. The van der Waals surface area contributed by atoms with Gasteiger partial charge in [0.05, 0.1) is 50.1 Å². The van der Waals surface area contributed by atoms with E-state index >= 15 is 0 Å². The normalized spacial score (nSPS) is 20.4. The van der Waals surface area contributed by atoms with Crippen LogP contribution in [0.1, 0.15) is 50.5 Å². The summed E-state index contributed by atoms with van der Waals surface area (Å²) in [5.41, 5.74) is 0. The van der Waals surface area contributed by atoms with Gasteiger partial charge in [-0.25, -0.2) is 14.2 Å². The van der Waals surface area contributed by atoms with Crippen molar-refractivity contribution in [3.05, 3.63) is 24.0 Å². The Balaban J connectivity index is 1.79. The average Bonchev–Trinajstić information content (AvgIpc) is 3.40. The van der Waals surface area contributed by atoms with E-state index in [1.54, 1.807) is 33.7 Å². The summed E-state index contributed by atoms with van der Waals surface area (Å²) >= 11 is 0. The van der Waals surface area contributed by atoms with Crippen LogP contribution in [0.5, 0.6) is 5.75 Å². The van der Waals surface area contributed by atoms with Crippen LogP contribution in [0.2, 0.25) is 0 Å². The lowest BCUT2D eigenvalue weighted by molar-refractivity contribution is 0.0406. The van der Waals surface area contributed by atoms with E-state index in [2.05, 4.69) is 24.9 Å². The van der Waals surface area contributed by atoms with Gasteiger partial charge in [-0.2, -0.15) is 0 Å². The van der Waals surface area contributed by atoms with Crippen molar-refractivity contribution in [1.82, 2.24) is 24.7 Å². The maximum absolute atomic E-state index is 13.1. The van der Waals surface area contributed by atoms with Crippen LogP contribution < -0.4 is 9.46 Å². The van der Waals surface area contributed by atoms with Crippen molar-refractivity contribution >= 4 is 16.9 Å². The lowest BCUT2D eigenvalue weighted by Gasteiger charge is -2.23. The van der Waals surface area contributed by atoms with Gasteiger partial charge in [0.1, 0.15) is 22.9 Å². The number of hydrogen-bond acceptors (Lipinski definition) is 9. The van der Waals surface area contributed by atoms with Crippen molar-refractivity contribution in [2.45, 2.75) is 56.6 Å². The summed E-state index contributed by atoms with van der Waals surface area (Å²) in [7, 11) is 3.35. The zero-order chi connectivity index (χ0) is 23.1. The summed E-state index contributed by atoms with van der Waals surface area (Å²) in [6, 6.07) is -0.200. The van der Waals surface area contributed by atoms with Crippen LogP contribution in [0.3, 0.4) is 0 Å². The van der Waals surface area contributed by atoms with Crippen LogP contribution in [0.25, 0.3) is 0 Å². The SMILES string of the molecule is COCC(COC)n1c(NS(=O)C(C)Cc2ncc(OC)cn2)nnc1C1CCC(C)O1. The quantitative estimate of drug-likeness (QED) is 0.497. The molecule has 1 N–H and O–H groups in total. The van der Waals surface area contributed by atoms with Gasteiger partial charge in [0.2, 0.25) is 5.95 Å². The molecule has 3 rings (SSSR count). The molecule has 2 aromatic heterocycles. The number of hydrogen-bond donors (Lipinski definition) is 1. The minimum atomic E-state index is -1.46. The van der Waals surface area contributed by atoms with Gasteiger partial charge in [-0.15, -0.1) is 10.2 Å². The number of nitrogens with zero attached hydrogens (tertiary/aromatic N) is 5. The first kappa shape index (κ1) is 24.5. The molecular formula is C20H32N6O5S. The van der Waals surface area contributed by atoms with Gasteiger partial charge in [0.15, 0.2) is 11.6 Å². The second-order valence-corrected chi connectivity index (χ2v) is 9.39. The van der Waals surface area contributed by atoms with Crippen molar-refractivity contribution < 1.29 is 23.2 Å². The van der Waals surface area contributed by atoms with Crippen LogP contribution >= 0.6 is 0 Å². The number of ether oxygens (including phenoxy) is 4. The van der Waals surface area contributed by atoms with Gasteiger partial charge in [0.25, 0.3) is 0 Å². The maximum Gasteiger partial charge on any atom is 0.236 e. The van der Waals surface area contributed by atoms with Crippen molar-refractivity contribution in [3.63, 3.8) is 0 Å². The van der Waals surface area contributed by atoms with E-state index in [1.807, 2.05) is 18.4 Å². The Labute approximate surface area is 190 Å². The standard InChI is InChI=1S/C20H32N6O5S/c1-13-6-7-17(31-13)19-23-24-20(26(19)15(11-28-3)12-29-4)25-32(27)14(2)8-18-21-9-16(30-5)10-22-18/h9-10,13-15,17H,6-8,11-12H2,1-5H3,(H,24,25). The van der Waals surface area contributed by atoms with Crippen LogP contribution in [0, 0.1) is 0 Å². The highest BCUT2D eigenvalue weighted by atomic mass is 32.2. The summed E-state index contributed by atoms with van der Waals surface area (Å²) in [6.07, 6.45) is 5.39. The second-order valence-electron chi connectivity index (χ2n) is 7.78. The van der Waals surface area contributed by atoms with E-state index in [4.69, 9.17) is 18.9 Å². The highest BCUT2D eigenvalue weighted by Crippen LogP contribution is 2.34. The molecule has 0 radical (unpaired) electrons. The minimum Gasteiger partial charge on any atom is -0.494 e. The summed E-state index contributed by atoms with van der Waals surface area (Å²) in [4.78, 5) is 8.51. The summed E-state index contributed by atoms with van der Waals surface area (Å²) < 4.78 is 39.9. The fraction of sp³-hybridized carbons (Fsp3) is 0.700. The molecule has 32 heavy (non-hydrogen) atoms. The van der Waals surface area contributed by atoms with Gasteiger partial charge in [-0.3, -0.25) is 9.29 Å². The molecule has 1 aliphatic heterocycles. The van der Waals surface area contributed by atoms with Gasteiger partial charge in [-0.1, -0.05) is 0 Å². The number of anilines is 1. The molecule has 0 bridgehead atoms. The zero-order valence-electron chi connectivity index (χ0n) is 19.2. The summed E-state index contributed by atoms with van der Waals surface area (Å²) in [5, 5.41) is 8.39. The molecule has 0 aromatic carbocycles. The number of methoxy groups -OCH3 is 3. The second kappa shape index (κ2) is 11.6. The first-order valence-corrected chi connectivity index (χ1v) is 11.8. The third-order valence-electron chi connectivity index (χ3n) is 5.27. The molecule has 0 saturated carbocycles. The molecule has 3 heterocycles. The molecule has 178 valence electrons. The number of aromatic nitrogens is 5. The molecule has 11 nitrogen and oxygen atoms in total. The average molecular weight is 469 g/mol. The van der Waals surface area contributed by atoms with E-state index in [-0.39, 0.29) is 23.5 Å². The molecule has 1 saturated heterocycles. The monoisotopic (exact) mass is 468 g/mol. The third kappa shape index (κ3) is 6.00. The molecule has 4 unspecified atom stereocenters. The first-order chi connectivity index (χ1) is 15.5.